The van der Waals surface area contributed by atoms with Crippen molar-refractivity contribution < 1.29 is 4.79 Å². The predicted octanol–water partition coefficient (Wildman–Crippen LogP) is 1.15. The van der Waals surface area contributed by atoms with Crippen LogP contribution in [0.15, 0.2) is 0 Å². The molecule has 0 bridgehead atoms. The van der Waals surface area contributed by atoms with E-state index in [2.05, 4.69) is 31.4 Å². The molecule has 0 saturated carbocycles. The van der Waals surface area contributed by atoms with E-state index in [0.29, 0.717) is 0 Å². The Morgan fingerprint density at radius 1 is 1.50 bits per heavy atom. The number of piperidine rings is 1. The average Bonchev–Trinajstić information content (AvgIpc) is 2.14. The van der Waals surface area contributed by atoms with Crippen LogP contribution in [0.4, 0.5) is 0 Å². The molecular formula is C11H22N2O. The van der Waals surface area contributed by atoms with Gasteiger partial charge >= 0.3 is 0 Å². The molecule has 82 valence electrons. The number of nitrogens with one attached hydrogen (secondary N) is 2. The number of rotatable bonds is 2. The van der Waals surface area contributed by atoms with Crippen molar-refractivity contribution in [2.24, 2.45) is 11.3 Å². The first-order chi connectivity index (χ1) is 6.49. The highest BCUT2D eigenvalue weighted by Gasteiger charge is 2.21. The molecule has 3 nitrogen and oxygen atoms in total. The van der Waals surface area contributed by atoms with Crippen LogP contribution in [0.3, 0.4) is 0 Å². The molecule has 3 heteroatoms. The zero-order valence-electron chi connectivity index (χ0n) is 9.52. The summed E-state index contributed by atoms with van der Waals surface area (Å²) < 4.78 is 0. The van der Waals surface area contributed by atoms with Crippen LogP contribution in [0.25, 0.3) is 0 Å². The Labute approximate surface area is 86.6 Å². The molecule has 1 saturated heterocycles. The monoisotopic (exact) mass is 198 g/mol. The van der Waals surface area contributed by atoms with Gasteiger partial charge in [-0.3, -0.25) is 4.79 Å². The smallest absolute Gasteiger partial charge is 0.224 e. The first kappa shape index (κ1) is 11.5. The lowest BCUT2D eigenvalue weighted by Crippen LogP contribution is -2.42. The van der Waals surface area contributed by atoms with Gasteiger partial charge in [-0.25, -0.2) is 0 Å². The zero-order valence-corrected chi connectivity index (χ0v) is 9.52. The highest BCUT2D eigenvalue weighted by Crippen LogP contribution is 2.13. The van der Waals surface area contributed by atoms with Gasteiger partial charge in [-0.15, -0.1) is 0 Å². The summed E-state index contributed by atoms with van der Waals surface area (Å²) in [4.78, 5) is 11.7. The Hall–Kier alpha value is -0.570. The first-order valence-corrected chi connectivity index (χ1v) is 5.47. The Morgan fingerprint density at radius 2 is 2.21 bits per heavy atom. The third-order valence-electron chi connectivity index (χ3n) is 2.46. The lowest BCUT2D eigenvalue weighted by molar-refractivity contribution is -0.125. The molecule has 0 aromatic carbocycles. The molecule has 14 heavy (non-hydrogen) atoms. The molecule has 2 N–H and O–H groups in total. The largest absolute Gasteiger partial charge is 0.355 e. The van der Waals surface area contributed by atoms with Crippen molar-refractivity contribution in [3.8, 4) is 0 Å². The van der Waals surface area contributed by atoms with E-state index in [1.54, 1.807) is 0 Å². The molecule has 0 aromatic heterocycles. The summed E-state index contributed by atoms with van der Waals surface area (Å²) in [5.74, 6) is 0.401. The van der Waals surface area contributed by atoms with Crippen LogP contribution in [0.5, 0.6) is 0 Å². The maximum absolute atomic E-state index is 11.7. The van der Waals surface area contributed by atoms with E-state index in [9.17, 15) is 4.79 Å². The highest BCUT2D eigenvalue weighted by atomic mass is 16.1. The van der Waals surface area contributed by atoms with Crippen LogP contribution >= 0.6 is 0 Å². The van der Waals surface area contributed by atoms with Crippen molar-refractivity contribution in [1.29, 1.82) is 0 Å². The highest BCUT2D eigenvalue weighted by molar-refractivity contribution is 5.78. The lowest BCUT2D eigenvalue weighted by Gasteiger charge is -2.24. The second kappa shape index (κ2) is 4.78. The van der Waals surface area contributed by atoms with E-state index in [1.165, 1.54) is 0 Å². The molecule has 1 aliphatic heterocycles. The number of carbonyl (C=O) groups excluding carboxylic acids is 1. The molecule has 1 aliphatic rings. The minimum absolute atomic E-state index is 0.178. The average molecular weight is 198 g/mol. The third kappa shape index (κ3) is 4.09. The lowest BCUT2D eigenvalue weighted by atomic mass is 9.95. The van der Waals surface area contributed by atoms with E-state index in [-0.39, 0.29) is 17.2 Å². The van der Waals surface area contributed by atoms with Gasteiger partial charge in [-0.05, 0) is 24.8 Å². The third-order valence-corrected chi connectivity index (χ3v) is 2.46. The summed E-state index contributed by atoms with van der Waals surface area (Å²) in [7, 11) is 0. The summed E-state index contributed by atoms with van der Waals surface area (Å²) in [6.45, 7) is 9.06. The number of hydrogen-bond acceptors (Lipinski definition) is 2. The molecule has 1 heterocycles. The predicted molar refractivity (Wildman–Crippen MR) is 58.1 cm³/mol. The minimum atomic E-state index is 0.178. The fourth-order valence-electron chi connectivity index (χ4n) is 1.57. The van der Waals surface area contributed by atoms with Crippen molar-refractivity contribution in [3.63, 3.8) is 0 Å². The van der Waals surface area contributed by atoms with E-state index in [0.717, 1.165) is 32.5 Å². The van der Waals surface area contributed by atoms with E-state index < -0.39 is 0 Å². The Bertz CT molecular complexity index is 190. The number of amides is 1. The summed E-state index contributed by atoms with van der Waals surface area (Å²) in [5.41, 5.74) is 0.178. The summed E-state index contributed by atoms with van der Waals surface area (Å²) in [5, 5.41) is 6.27. The molecule has 1 atom stereocenters. The molecule has 1 amide bonds. The SMILES string of the molecule is CC(C)(C)CNC(=O)[C@@H]1CCCNC1. The summed E-state index contributed by atoms with van der Waals surface area (Å²) in [6.07, 6.45) is 2.15. The Morgan fingerprint density at radius 3 is 2.71 bits per heavy atom. The Balaban J connectivity index is 2.27. The number of carbonyl (C=O) groups is 1. The van der Waals surface area contributed by atoms with Gasteiger partial charge in [-0.1, -0.05) is 20.8 Å². The van der Waals surface area contributed by atoms with Crippen LogP contribution < -0.4 is 10.6 Å². The number of hydrogen-bond donors (Lipinski definition) is 2. The van der Waals surface area contributed by atoms with Crippen LogP contribution in [0.1, 0.15) is 33.6 Å². The van der Waals surface area contributed by atoms with Gasteiger partial charge in [0, 0.05) is 13.1 Å². The topological polar surface area (TPSA) is 41.1 Å². The zero-order chi connectivity index (χ0) is 10.6. The normalized spacial score (nSPS) is 23.2. The van der Waals surface area contributed by atoms with E-state index >= 15 is 0 Å². The minimum Gasteiger partial charge on any atom is -0.355 e. The fraction of sp³-hybridized carbons (Fsp3) is 0.909. The molecule has 0 radical (unpaired) electrons. The molecule has 1 fully saturated rings. The summed E-state index contributed by atoms with van der Waals surface area (Å²) in [6, 6.07) is 0. The molecule has 0 unspecified atom stereocenters. The van der Waals surface area contributed by atoms with Gasteiger partial charge in [0.2, 0.25) is 5.91 Å². The van der Waals surface area contributed by atoms with E-state index in [4.69, 9.17) is 0 Å². The maximum Gasteiger partial charge on any atom is 0.224 e. The van der Waals surface area contributed by atoms with Crippen molar-refractivity contribution in [1.82, 2.24) is 10.6 Å². The quantitative estimate of drug-likeness (QED) is 0.699. The van der Waals surface area contributed by atoms with Crippen molar-refractivity contribution >= 4 is 5.91 Å². The summed E-state index contributed by atoms with van der Waals surface area (Å²) >= 11 is 0. The van der Waals surface area contributed by atoms with Crippen molar-refractivity contribution in [2.75, 3.05) is 19.6 Å². The van der Waals surface area contributed by atoms with Crippen molar-refractivity contribution in [3.05, 3.63) is 0 Å². The first-order valence-electron chi connectivity index (χ1n) is 5.47. The van der Waals surface area contributed by atoms with Gasteiger partial charge in [0.1, 0.15) is 0 Å². The molecule has 0 spiro atoms. The van der Waals surface area contributed by atoms with Gasteiger partial charge < -0.3 is 10.6 Å². The maximum atomic E-state index is 11.7. The van der Waals surface area contributed by atoms with Crippen LogP contribution in [-0.4, -0.2) is 25.5 Å². The fourth-order valence-corrected chi connectivity index (χ4v) is 1.57. The second-order valence-electron chi connectivity index (χ2n) is 5.32. The Kier molecular flexibility index (Phi) is 3.93. The molecular weight excluding hydrogens is 176 g/mol. The van der Waals surface area contributed by atoms with Crippen LogP contribution in [-0.2, 0) is 4.79 Å². The molecule has 0 aromatic rings. The van der Waals surface area contributed by atoms with Gasteiger partial charge in [-0.2, -0.15) is 0 Å². The standard InChI is InChI=1S/C11H22N2O/c1-11(2,3)8-13-10(14)9-5-4-6-12-7-9/h9,12H,4-8H2,1-3H3,(H,13,14)/t9-/m1/s1. The molecule has 1 rings (SSSR count). The molecule has 0 aliphatic carbocycles. The van der Waals surface area contributed by atoms with E-state index in [1.807, 2.05) is 0 Å². The van der Waals surface area contributed by atoms with Crippen molar-refractivity contribution in [2.45, 2.75) is 33.6 Å². The van der Waals surface area contributed by atoms with Gasteiger partial charge in [0.25, 0.3) is 0 Å². The van der Waals surface area contributed by atoms with Gasteiger partial charge in [0.05, 0.1) is 5.92 Å². The second-order valence-corrected chi connectivity index (χ2v) is 5.32. The van der Waals surface area contributed by atoms with Crippen LogP contribution in [0, 0.1) is 11.3 Å². The van der Waals surface area contributed by atoms with Crippen LogP contribution in [0.2, 0.25) is 0 Å². The van der Waals surface area contributed by atoms with Gasteiger partial charge in [0.15, 0.2) is 0 Å².